The molecular formula is C17H23NO4. The zero-order valence-corrected chi connectivity index (χ0v) is 13.3. The highest BCUT2D eigenvalue weighted by molar-refractivity contribution is 5.91. The molecule has 0 saturated heterocycles. The normalized spacial score (nSPS) is 21.0. The molecule has 0 aromatic heterocycles. The molecule has 2 atom stereocenters. The van der Waals surface area contributed by atoms with E-state index in [0.717, 1.165) is 17.5 Å². The number of hydrogen-bond donors (Lipinski definition) is 1. The van der Waals surface area contributed by atoms with Gasteiger partial charge in [0.25, 0.3) is 5.91 Å². The quantitative estimate of drug-likeness (QED) is 0.904. The summed E-state index contributed by atoms with van der Waals surface area (Å²) in [5.41, 5.74) is 1.87. The molecule has 0 saturated carbocycles. The van der Waals surface area contributed by atoms with Crippen LogP contribution < -0.4 is 0 Å². The van der Waals surface area contributed by atoms with Crippen LogP contribution in [0.4, 0.5) is 0 Å². The minimum absolute atomic E-state index is 0.0329. The summed E-state index contributed by atoms with van der Waals surface area (Å²) in [6.07, 6.45) is 2.15. The van der Waals surface area contributed by atoms with Gasteiger partial charge in [0.1, 0.15) is 0 Å². The van der Waals surface area contributed by atoms with Crippen LogP contribution in [0.2, 0.25) is 0 Å². The Morgan fingerprint density at radius 1 is 1.32 bits per heavy atom. The van der Waals surface area contributed by atoms with Crippen LogP contribution >= 0.6 is 0 Å². The van der Waals surface area contributed by atoms with Crippen molar-refractivity contribution in [3.8, 4) is 0 Å². The second-order valence-electron chi connectivity index (χ2n) is 5.78. The fraction of sp³-hybridized carbons (Fsp3) is 0.471. The topological polar surface area (TPSA) is 59.0 Å². The van der Waals surface area contributed by atoms with Crippen molar-refractivity contribution in [2.45, 2.75) is 32.8 Å². The van der Waals surface area contributed by atoms with Crippen LogP contribution in [-0.4, -0.2) is 36.3 Å². The highest BCUT2D eigenvalue weighted by Crippen LogP contribution is 2.24. The van der Waals surface area contributed by atoms with Crippen LogP contribution in [0.15, 0.2) is 36.1 Å². The van der Waals surface area contributed by atoms with Crippen LogP contribution in [0.25, 0.3) is 0 Å². The number of aliphatic hydroxyl groups excluding tert-OH is 1. The summed E-state index contributed by atoms with van der Waals surface area (Å²) in [4.78, 5) is 13.5. The largest absolute Gasteiger partial charge is 0.459 e. The van der Waals surface area contributed by atoms with E-state index in [0.29, 0.717) is 12.4 Å². The summed E-state index contributed by atoms with van der Waals surface area (Å²) in [7, 11) is 3.40. The van der Waals surface area contributed by atoms with Crippen molar-refractivity contribution in [1.29, 1.82) is 0 Å². The van der Waals surface area contributed by atoms with Crippen molar-refractivity contribution >= 4 is 5.91 Å². The number of amides is 1. The van der Waals surface area contributed by atoms with Gasteiger partial charge in [0.2, 0.25) is 6.29 Å². The molecule has 1 aromatic rings. The minimum atomic E-state index is -0.420. The molecule has 1 heterocycles. The molecule has 1 N–H and O–H groups in total. The van der Waals surface area contributed by atoms with Crippen LogP contribution in [0.3, 0.4) is 0 Å². The number of likely N-dealkylation sites (N-methyl/N-ethyl adjacent to an activating group) is 1. The van der Waals surface area contributed by atoms with E-state index < -0.39 is 6.29 Å². The first-order valence-electron chi connectivity index (χ1n) is 7.40. The van der Waals surface area contributed by atoms with E-state index in [9.17, 15) is 4.79 Å². The van der Waals surface area contributed by atoms with Crippen LogP contribution in [0.1, 0.15) is 24.5 Å². The Hall–Kier alpha value is -1.85. The van der Waals surface area contributed by atoms with E-state index in [2.05, 4.69) is 0 Å². The molecule has 0 aliphatic carbocycles. The van der Waals surface area contributed by atoms with Gasteiger partial charge in [-0.1, -0.05) is 31.2 Å². The molecular weight excluding hydrogens is 282 g/mol. The summed E-state index contributed by atoms with van der Waals surface area (Å²) in [5, 5.41) is 9.02. The maximum atomic E-state index is 12.0. The summed E-state index contributed by atoms with van der Waals surface area (Å²) >= 11 is 0. The molecule has 5 nitrogen and oxygen atoms in total. The van der Waals surface area contributed by atoms with Crippen molar-refractivity contribution in [3.05, 3.63) is 47.2 Å². The number of nitrogens with zero attached hydrogens (tertiary/aromatic N) is 1. The second-order valence-corrected chi connectivity index (χ2v) is 5.78. The maximum Gasteiger partial charge on any atom is 0.288 e. The molecule has 120 valence electrons. The fourth-order valence-corrected chi connectivity index (χ4v) is 2.23. The zero-order chi connectivity index (χ0) is 16.1. The smallest absolute Gasteiger partial charge is 0.288 e. The third-order valence-corrected chi connectivity index (χ3v) is 3.52. The van der Waals surface area contributed by atoms with Gasteiger partial charge in [0.15, 0.2) is 5.76 Å². The standard InChI is InChI=1S/C17H23NO4/c1-12-8-15(17(20)18(2)3)22-16(9-12)21-11-14-6-4-13(10-19)5-7-14/h4-8,12,16,19H,9-11H2,1-3H3/t12-,16+/m0/s1. The van der Waals surface area contributed by atoms with Crippen molar-refractivity contribution in [2.75, 3.05) is 14.1 Å². The number of aliphatic hydroxyl groups is 1. The molecule has 1 aliphatic heterocycles. The molecule has 2 rings (SSSR count). The van der Waals surface area contributed by atoms with Gasteiger partial charge in [0.05, 0.1) is 13.2 Å². The summed E-state index contributed by atoms with van der Waals surface area (Å²) in [5.74, 6) is 0.436. The average molecular weight is 305 g/mol. The molecule has 0 unspecified atom stereocenters. The van der Waals surface area contributed by atoms with Gasteiger partial charge in [-0.2, -0.15) is 0 Å². The predicted octanol–water partition coefficient (Wildman–Crippen LogP) is 2.05. The van der Waals surface area contributed by atoms with E-state index in [1.54, 1.807) is 14.1 Å². The first-order valence-corrected chi connectivity index (χ1v) is 7.40. The minimum Gasteiger partial charge on any atom is -0.459 e. The SMILES string of the molecule is C[C@H]1C=C(C(=O)N(C)C)O[C@@H](OCc2ccc(CO)cc2)C1. The predicted molar refractivity (Wildman–Crippen MR) is 82.6 cm³/mol. The molecule has 5 heteroatoms. The Labute approximate surface area is 131 Å². The molecule has 1 amide bonds. The molecule has 0 bridgehead atoms. The number of carbonyl (C=O) groups excluding carboxylic acids is 1. The van der Waals surface area contributed by atoms with Crippen LogP contribution in [0.5, 0.6) is 0 Å². The Balaban J connectivity index is 1.93. The number of allylic oxidation sites excluding steroid dienone is 1. The lowest BCUT2D eigenvalue weighted by Gasteiger charge is -2.28. The number of benzene rings is 1. The van der Waals surface area contributed by atoms with E-state index in [4.69, 9.17) is 14.6 Å². The maximum absolute atomic E-state index is 12.0. The Bertz CT molecular complexity index is 536. The van der Waals surface area contributed by atoms with Gasteiger partial charge in [-0.25, -0.2) is 0 Å². The Morgan fingerprint density at radius 2 is 1.95 bits per heavy atom. The lowest BCUT2D eigenvalue weighted by Crippen LogP contribution is -2.32. The van der Waals surface area contributed by atoms with E-state index in [-0.39, 0.29) is 18.4 Å². The molecule has 0 fully saturated rings. The highest BCUT2D eigenvalue weighted by Gasteiger charge is 2.26. The first-order chi connectivity index (χ1) is 10.5. The Morgan fingerprint density at radius 3 is 2.55 bits per heavy atom. The summed E-state index contributed by atoms with van der Waals surface area (Å²) in [6.45, 7) is 2.48. The van der Waals surface area contributed by atoms with Gasteiger partial charge in [-0.3, -0.25) is 4.79 Å². The van der Waals surface area contributed by atoms with Crippen LogP contribution in [-0.2, 0) is 27.5 Å². The van der Waals surface area contributed by atoms with Crippen molar-refractivity contribution in [2.24, 2.45) is 5.92 Å². The molecule has 22 heavy (non-hydrogen) atoms. The van der Waals surface area contributed by atoms with Crippen LogP contribution in [0, 0.1) is 5.92 Å². The van der Waals surface area contributed by atoms with Crippen molar-refractivity contribution < 1.29 is 19.4 Å². The van der Waals surface area contributed by atoms with E-state index >= 15 is 0 Å². The third-order valence-electron chi connectivity index (χ3n) is 3.52. The number of hydrogen-bond acceptors (Lipinski definition) is 4. The molecule has 1 aliphatic rings. The Kier molecular flexibility index (Phi) is 5.57. The van der Waals surface area contributed by atoms with Gasteiger partial charge >= 0.3 is 0 Å². The molecule has 0 spiro atoms. The second kappa shape index (κ2) is 7.42. The zero-order valence-electron chi connectivity index (χ0n) is 13.3. The van der Waals surface area contributed by atoms with E-state index in [1.807, 2.05) is 37.3 Å². The van der Waals surface area contributed by atoms with E-state index in [1.165, 1.54) is 4.90 Å². The monoisotopic (exact) mass is 305 g/mol. The molecule has 0 radical (unpaired) electrons. The fourth-order valence-electron chi connectivity index (χ4n) is 2.23. The van der Waals surface area contributed by atoms with Crippen molar-refractivity contribution in [3.63, 3.8) is 0 Å². The first kappa shape index (κ1) is 16.5. The van der Waals surface area contributed by atoms with Crippen molar-refractivity contribution in [1.82, 2.24) is 4.90 Å². The highest BCUT2D eigenvalue weighted by atomic mass is 16.7. The number of rotatable bonds is 5. The summed E-state index contributed by atoms with van der Waals surface area (Å²) < 4.78 is 11.4. The number of ether oxygens (including phenoxy) is 2. The summed E-state index contributed by atoms with van der Waals surface area (Å²) in [6, 6.07) is 7.56. The van der Waals surface area contributed by atoms with Gasteiger partial charge in [0, 0.05) is 20.5 Å². The van der Waals surface area contributed by atoms with Gasteiger partial charge < -0.3 is 19.5 Å². The molecule has 1 aromatic carbocycles. The average Bonchev–Trinajstić information content (AvgIpc) is 2.52. The number of carbonyl (C=O) groups is 1. The lowest BCUT2D eigenvalue weighted by atomic mass is 10.0. The van der Waals surface area contributed by atoms with Gasteiger partial charge in [-0.05, 0) is 23.1 Å². The lowest BCUT2D eigenvalue weighted by molar-refractivity contribution is -0.156. The van der Waals surface area contributed by atoms with Gasteiger partial charge in [-0.15, -0.1) is 0 Å². The third kappa shape index (κ3) is 4.32.